The fraction of sp³-hybridized carbons (Fsp3) is 0.235. The second-order valence-corrected chi connectivity index (χ2v) is 5.01. The van der Waals surface area contributed by atoms with Crippen LogP contribution in [0.2, 0.25) is 0 Å². The molecule has 0 heterocycles. The smallest absolute Gasteiger partial charge is 0.384 e. The highest BCUT2D eigenvalue weighted by molar-refractivity contribution is 5.46. The summed E-state index contributed by atoms with van der Waals surface area (Å²) in [6, 6.07) is 18.4. The van der Waals surface area contributed by atoms with E-state index in [2.05, 4.69) is 0 Å². The maximum absolute atomic E-state index is 12.8. The number of nitriles is 1. The third kappa shape index (κ3) is 3.12. The van der Waals surface area contributed by atoms with Crippen LogP contribution in [0.15, 0.2) is 60.7 Å². The molecule has 2 nitrogen and oxygen atoms in total. The molecule has 0 fully saturated rings. The molecule has 0 radical (unpaired) electrons. The van der Waals surface area contributed by atoms with Gasteiger partial charge in [0.1, 0.15) is 5.41 Å². The quantitative estimate of drug-likeness (QED) is 0.933. The van der Waals surface area contributed by atoms with Gasteiger partial charge in [0, 0.05) is 6.42 Å². The van der Waals surface area contributed by atoms with Gasteiger partial charge in [0.05, 0.1) is 6.07 Å². The fourth-order valence-corrected chi connectivity index (χ4v) is 2.43. The molecule has 0 spiro atoms. The molecule has 2 rings (SSSR count). The topological polar surface area (TPSA) is 44.0 Å². The van der Waals surface area contributed by atoms with Crippen LogP contribution in [0.4, 0.5) is 13.2 Å². The third-order valence-electron chi connectivity index (χ3n) is 3.60. The van der Waals surface area contributed by atoms with Gasteiger partial charge in [-0.15, -0.1) is 0 Å². The second kappa shape index (κ2) is 6.20. The first-order valence-corrected chi connectivity index (χ1v) is 6.67. The van der Waals surface area contributed by atoms with E-state index in [1.807, 2.05) is 6.07 Å². The average molecular weight is 305 g/mol. The molecular weight excluding hydrogens is 291 g/mol. The van der Waals surface area contributed by atoms with Crippen molar-refractivity contribution in [3.05, 3.63) is 71.8 Å². The van der Waals surface area contributed by atoms with E-state index in [9.17, 15) is 23.5 Å². The van der Waals surface area contributed by atoms with Crippen molar-refractivity contribution in [2.75, 3.05) is 0 Å². The third-order valence-corrected chi connectivity index (χ3v) is 3.60. The molecule has 0 aliphatic rings. The van der Waals surface area contributed by atoms with E-state index in [0.717, 1.165) is 0 Å². The number of hydrogen-bond acceptors (Lipinski definition) is 2. The van der Waals surface area contributed by atoms with Crippen LogP contribution in [-0.2, 0) is 5.41 Å². The monoisotopic (exact) mass is 305 g/mol. The first-order chi connectivity index (χ1) is 10.4. The number of halogens is 3. The highest BCUT2D eigenvalue weighted by atomic mass is 19.4. The van der Waals surface area contributed by atoms with Crippen molar-refractivity contribution in [3.8, 4) is 6.07 Å². The standard InChI is InChI=1S/C17H14F3NO/c18-17(19,20)15(22)11-16(12-21,13-7-3-1-4-8-13)14-9-5-2-6-10-14/h1-10,15,22H,11H2/t15-/m0/s1. The highest BCUT2D eigenvalue weighted by Crippen LogP contribution is 2.39. The largest absolute Gasteiger partial charge is 0.414 e. The highest BCUT2D eigenvalue weighted by Gasteiger charge is 2.46. The van der Waals surface area contributed by atoms with E-state index in [1.54, 1.807) is 60.7 Å². The predicted octanol–water partition coefficient (Wildman–Crippen LogP) is 3.81. The van der Waals surface area contributed by atoms with Crippen LogP contribution in [-0.4, -0.2) is 17.4 Å². The molecule has 0 saturated carbocycles. The molecule has 0 unspecified atom stereocenters. The van der Waals surface area contributed by atoms with Crippen LogP contribution in [0, 0.1) is 11.3 Å². The first-order valence-electron chi connectivity index (χ1n) is 6.67. The summed E-state index contributed by atoms with van der Waals surface area (Å²) in [5.41, 5.74) is -0.712. The van der Waals surface area contributed by atoms with Crippen LogP contribution < -0.4 is 0 Å². The second-order valence-electron chi connectivity index (χ2n) is 5.01. The summed E-state index contributed by atoms with van der Waals surface area (Å²) in [5.74, 6) is 0. The van der Waals surface area contributed by atoms with Crippen molar-refractivity contribution in [2.45, 2.75) is 24.1 Å². The number of nitrogens with zero attached hydrogens (tertiary/aromatic N) is 1. The zero-order chi connectivity index (χ0) is 16.2. The molecule has 0 bridgehead atoms. The van der Waals surface area contributed by atoms with E-state index < -0.39 is 24.1 Å². The lowest BCUT2D eigenvalue weighted by atomic mass is 9.72. The van der Waals surface area contributed by atoms with Gasteiger partial charge in [0.2, 0.25) is 0 Å². The lowest BCUT2D eigenvalue weighted by Gasteiger charge is -2.30. The normalized spacial score (nSPS) is 13.4. The van der Waals surface area contributed by atoms with Gasteiger partial charge in [-0.3, -0.25) is 0 Å². The molecule has 0 aliphatic carbocycles. The van der Waals surface area contributed by atoms with Gasteiger partial charge >= 0.3 is 6.18 Å². The van der Waals surface area contributed by atoms with Crippen molar-refractivity contribution in [2.24, 2.45) is 0 Å². The zero-order valence-electron chi connectivity index (χ0n) is 11.6. The number of rotatable bonds is 4. The van der Waals surface area contributed by atoms with Gasteiger partial charge in [-0.05, 0) is 11.1 Å². The lowest BCUT2D eigenvalue weighted by Crippen LogP contribution is -2.38. The Bertz CT molecular complexity index is 608. The minimum atomic E-state index is -4.77. The fourth-order valence-electron chi connectivity index (χ4n) is 2.43. The molecule has 2 aromatic rings. The lowest BCUT2D eigenvalue weighted by molar-refractivity contribution is -0.207. The molecule has 114 valence electrons. The van der Waals surface area contributed by atoms with E-state index in [0.29, 0.717) is 11.1 Å². The van der Waals surface area contributed by atoms with Crippen molar-refractivity contribution >= 4 is 0 Å². The molecule has 1 N–H and O–H groups in total. The summed E-state index contributed by atoms with van der Waals surface area (Å²) >= 11 is 0. The van der Waals surface area contributed by atoms with E-state index in [-0.39, 0.29) is 0 Å². The van der Waals surface area contributed by atoms with Crippen molar-refractivity contribution < 1.29 is 18.3 Å². The zero-order valence-corrected chi connectivity index (χ0v) is 11.6. The van der Waals surface area contributed by atoms with Gasteiger partial charge in [0.15, 0.2) is 6.10 Å². The first kappa shape index (κ1) is 16.1. The summed E-state index contributed by atoms with van der Waals surface area (Å²) in [6.45, 7) is 0. The van der Waals surface area contributed by atoms with Crippen LogP contribution in [0.25, 0.3) is 0 Å². The van der Waals surface area contributed by atoms with Crippen LogP contribution >= 0.6 is 0 Å². The summed E-state index contributed by atoms with van der Waals surface area (Å²) < 4.78 is 38.4. The number of alkyl halides is 3. The van der Waals surface area contributed by atoms with Crippen LogP contribution in [0.3, 0.4) is 0 Å². The Morgan fingerprint density at radius 2 is 1.32 bits per heavy atom. The van der Waals surface area contributed by atoms with Gasteiger partial charge in [-0.25, -0.2) is 0 Å². The van der Waals surface area contributed by atoms with E-state index in [1.165, 1.54) is 0 Å². The Morgan fingerprint density at radius 3 is 1.64 bits per heavy atom. The van der Waals surface area contributed by atoms with Crippen LogP contribution in [0.5, 0.6) is 0 Å². The summed E-state index contributed by atoms with van der Waals surface area (Å²) in [5, 5.41) is 19.2. The molecule has 22 heavy (non-hydrogen) atoms. The molecule has 2 aromatic carbocycles. The Hall–Kier alpha value is -2.32. The number of aliphatic hydroxyl groups excluding tert-OH is 1. The average Bonchev–Trinajstić information content (AvgIpc) is 2.53. The molecule has 0 aromatic heterocycles. The van der Waals surface area contributed by atoms with Crippen LogP contribution in [0.1, 0.15) is 17.5 Å². The minimum absolute atomic E-state index is 0.423. The molecule has 0 saturated heterocycles. The Labute approximate surface area is 126 Å². The van der Waals surface area contributed by atoms with Gasteiger partial charge in [-0.2, -0.15) is 18.4 Å². The van der Waals surface area contributed by atoms with E-state index >= 15 is 0 Å². The van der Waals surface area contributed by atoms with Crippen molar-refractivity contribution in [3.63, 3.8) is 0 Å². The van der Waals surface area contributed by atoms with E-state index in [4.69, 9.17) is 0 Å². The Kier molecular flexibility index (Phi) is 4.53. The number of hydrogen-bond donors (Lipinski definition) is 1. The number of aliphatic hydroxyl groups is 1. The molecule has 1 atom stereocenters. The van der Waals surface area contributed by atoms with Crippen molar-refractivity contribution in [1.29, 1.82) is 5.26 Å². The molecule has 0 amide bonds. The molecular formula is C17H14F3NO. The molecule has 0 aliphatic heterocycles. The Balaban J connectivity index is 2.57. The van der Waals surface area contributed by atoms with Gasteiger partial charge in [-0.1, -0.05) is 60.7 Å². The Morgan fingerprint density at radius 1 is 0.909 bits per heavy atom. The van der Waals surface area contributed by atoms with Gasteiger partial charge in [0.25, 0.3) is 0 Å². The summed E-state index contributed by atoms with van der Waals surface area (Å²) in [4.78, 5) is 0. The summed E-state index contributed by atoms with van der Waals surface area (Å²) in [7, 11) is 0. The summed E-state index contributed by atoms with van der Waals surface area (Å²) in [6.07, 6.45) is -8.10. The maximum atomic E-state index is 12.8. The predicted molar refractivity (Wildman–Crippen MR) is 76.0 cm³/mol. The van der Waals surface area contributed by atoms with Crippen molar-refractivity contribution in [1.82, 2.24) is 0 Å². The maximum Gasteiger partial charge on any atom is 0.414 e. The molecule has 5 heteroatoms. The number of benzene rings is 2. The van der Waals surface area contributed by atoms with Gasteiger partial charge < -0.3 is 5.11 Å². The minimum Gasteiger partial charge on any atom is -0.384 e. The SMILES string of the molecule is N#CC(C[C@H](O)C(F)(F)F)(c1ccccc1)c1ccccc1.